The van der Waals surface area contributed by atoms with Crippen molar-refractivity contribution in [3.63, 3.8) is 0 Å². The van der Waals surface area contributed by atoms with Crippen molar-refractivity contribution in [1.29, 1.82) is 0 Å². The fourth-order valence-corrected chi connectivity index (χ4v) is 3.85. The van der Waals surface area contributed by atoms with Gasteiger partial charge in [0.05, 0.1) is 28.9 Å². The van der Waals surface area contributed by atoms with E-state index in [1.54, 1.807) is 40.8 Å². The highest BCUT2D eigenvalue weighted by Crippen LogP contribution is 2.20. The quantitative estimate of drug-likeness (QED) is 0.716. The summed E-state index contributed by atoms with van der Waals surface area (Å²) in [4.78, 5) is 27.0. The molecule has 8 heteroatoms. The fraction of sp³-hybridized carbons (Fsp3) is 0.318. The summed E-state index contributed by atoms with van der Waals surface area (Å²) in [6.45, 7) is 4.71. The van der Waals surface area contributed by atoms with Gasteiger partial charge in [-0.2, -0.15) is 5.10 Å². The number of aryl methyl sites for hydroxylation is 1. The first kappa shape index (κ1) is 19.9. The van der Waals surface area contributed by atoms with Gasteiger partial charge in [0, 0.05) is 19.1 Å². The highest BCUT2D eigenvalue weighted by molar-refractivity contribution is 5.96. The first-order chi connectivity index (χ1) is 14.4. The first-order valence-corrected chi connectivity index (χ1v) is 9.90. The molecule has 4 rings (SSSR count). The van der Waals surface area contributed by atoms with Crippen LogP contribution >= 0.6 is 0 Å². The molecule has 1 saturated heterocycles. The van der Waals surface area contributed by atoms with Crippen LogP contribution in [0.5, 0.6) is 0 Å². The number of benzene rings is 1. The molecule has 0 spiro atoms. The molecule has 3 heterocycles. The summed E-state index contributed by atoms with van der Waals surface area (Å²) >= 11 is 0. The number of aromatic nitrogens is 2. The van der Waals surface area contributed by atoms with Crippen molar-refractivity contribution in [1.82, 2.24) is 20.0 Å². The molecule has 1 N–H and O–H groups in total. The maximum absolute atomic E-state index is 13.2. The zero-order valence-electron chi connectivity index (χ0n) is 16.9. The van der Waals surface area contributed by atoms with E-state index < -0.39 is 0 Å². The van der Waals surface area contributed by atoms with Gasteiger partial charge in [0.25, 0.3) is 11.8 Å². The third kappa shape index (κ3) is 3.85. The number of carbonyl (C=O) groups is 2. The van der Waals surface area contributed by atoms with Gasteiger partial charge in [-0.05, 0) is 63.1 Å². The molecule has 1 aromatic carbocycles. The molecular weight excluding hydrogens is 387 g/mol. The second-order valence-electron chi connectivity index (χ2n) is 7.45. The van der Waals surface area contributed by atoms with Crippen LogP contribution in [-0.4, -0.2) is 45.6 Å². The van der Waals surface area contributed by atoms with Crippen molar-refractivity contribution < 1.29 is 18.4 Å². The molecule has 30 heavy (non-hydrogen) atoms. The lowest BCUT2D eigenvalue weighted by molar-refractivity contribution is 0.0667. The topological polar surface area (TPSA) is 80.4 Å². The molecule has 0 radical (unpaired) electrons. The van der Waals surface area contributed by atoms with E-state index in [1.807, 2.05) is 6.92 Å². The van der Waals surface area contributed by atoms with Crippen LogP contribution in [-0.2, 0) is 0 Å². The van der Waals surface area contributed by atoms with Crippen molar-refractivity contribution in [3.8, 4) is 5.69 Å². The second-order valence-corrected chi connectivity index (χ2v) is 7.45. The van der Waals surface area contributed by atoms with Gasteiger partial charge in [0.2, 0.25) is 0 Å². The SMILES string of the molecule is Cc1nn(-c2ccc(F)cc2)c(C)c1C(=O)NC1CCN(C(=O)c2ccco2)CC1. The third-order valence-corrected chi connectivity index (χ3v) is 5.44. The Balaban J connectivity index is 1.41. The zero-order valence-corrected chi connectivity index (χ0v) is 16.9. The number of hydrogen-bond donors (Lipinski definition) is 1. The summed E-state index contributed by atoms with van der Waals surface area (Å²) in [6.07, 6.45) is 2.82. The van der Waals surface area contributed by atoms with Gasteiger partial charge in [-0.15, -0.1) is 0 Å². The lowest BCUT2D eigenvalue weighted by Crippen LogP contribution is -2.46. The summed E-state index contributed by atoms with van der Waals surface area (Å²) in [5.74, 6) is -0.307. The number of amides is 2. The fourth-order valence-electron chi connectivity index (χ4n) is 3.85. The van der Waals surface area contributed by atoms with Gasteiger partial charge in [-0.25, -0.2) is 9.07 Å². The van der Waals surface area contributed by atoms with E-state index in [4.69, 9.17) is 4.42 Å². The van der Waals surface area contributed by atoms with Gasteiger partial charge >= 0.3 is 0 Å². The maximum Gasteiger partial charge on any atom is 0.289 e. The lowest BCUT2D eigenvalue weighted by Gasteiger charge is -2.31. The largest absolute Gasteiger partial charge is 0.459 e. The molecule has 0 unspecified atom stereocenters. The number of rotatable bonds is 4. The van der Waals surface area contributed by atoms with Crippen molar-refractivity contribution in [3.05, 3.63) is 71.2 Å². The Bertz CT molecular complexity index is 1050. The van der Waals surface area contributed by atoms with E-state index >= 15 is 0 Å². The smallest absolute Gasteiger partial charge is 0.289 e. The van der Waals surface area contributed by atoms with Crippen LogP contribution in [0.1, 0.15) is 45.1 Å². The van der Waals surface area contributed by atoms with Crippen molar-refractivity contribution >= 4 is 11.8 Å². The number of halogens is 1. The average Bonchev–Trinajstić information content (AvgIpc) is 3.37. The molecule has 2 aromatic heterocycles. The minimum atomic E-state index is -0.324. The van der Waals surface area contributed by atoms with E-state index in [2.05, 4.69) is 10.4 Å². The Morgan fingerprint density at radius 2 is 1.83 bits per heavy atom. The van der Waals surface area contributed by atoms with Gasteiger partial charge in [-0.1, -0.05) is 0 Å². The molecule has 3 aromatic rings. The van der Waals surface area contributed by atoms with Crippen molar-refractivity contribution in [2.24, 2.45) is 0 Å². The Kier molecular flexibility index (Phi) is 5.39. The molecule has 0 atom stereocenters. The van der Waals surface area contributed by atoms with E-state index in [-0.39, 0.29) is 23.7 Å². The Morgan fingerprint density at radius 3 is 2.47 bits per heavy atom. The van der Waals surface area contributed by atoms with Crippen LogP contribution in [0.15, 0.2) is 47.1 Å². The summed E-state index contributed by atoms with van der Waals surface area (Å²) in [7, 11) is 0. The monoisotopic (exact) mass is 410 g/mol. The molecule has 0 bridgehead atoms. The van der Waals surface area contributed by atoms with Crippen molar-refractivity contribution in [2.45, 2.75) is 32.7 Å². The van der Waals surface area contributed by atoms with Gasteiger partial charge in [0.1, 0.15) is 5.82 Å². The molecule has 156 valence electrons. The van der Waals surface area contributed by atoms with E-state index in [9.17, 15) is 14.0 Å². The molecular formula is C22H23FN4O3. The Labute approximate surface area is 173 Å². The molecule has 0 saturated carbocycles. The number of hydrogen-bond acceptors (Lipinski definition) is 4. The highest BCUT2D eigenvalue weighted by Gasteiger charge is 2.27. The molecule has 1 aliphatic rings. The Hall–Kier alpha value is -3.42. The van der Waals surface area contributed by atoms with Gasteiger partial charge < -0.3 is 14.6 Å². The van der Waals surface area contributed by atoms with Crippen LogP contribution in [0.25, 0.3) is 5.69 Å². The summed E-state index contributed by atoms with van der Waals surface area (Å²) in [6, 6.07) is 9.31. The predicted octanol–water partition coefficient (Wildman–Crippen LogP) is 3.26. The van der Waals surface area contributed by atoms with Gasteiger partial charge in [-0.3, -0.25) is 9.59 Å². The normalized spacial score (nSPS) is 14.7. The lowest BCUT2D eigenvalue weighted by atomic mass is 10.0. The van der Waals surface area contributed by atoms with Crippen LogP contribution in [0.3, 0.4) is 0 Å². The number of nitrogens with one attached hydrogen (secondary N) is 1. The molecule has 7 nitrogen and oxygen atoms in total. The molecule has 2 amide bonds. The van der Waals surface area contributed by atoms with Crippen LogP contribution in [0.2, 0.25) is 0 Å². The standard InChI is InChI=1S/C22H23FN4O3/c1-14-20(15(2)27(25-14)18-7-5-16(23)6-8-18)21(28)24-17-9-11-26(12-10-17)22(29)19-4-3-13-30-19/h3-8,13,17H,9-12H2,1-2H3,(H,24,28). The third-order valence-electron chi connectivity index (χ3n) is 5.44. The first-order valence-electron chi connectivity index (χ1n) is 9.90. The van der Waals surface area contributed by atoms with E-state index in [1.165, 1.54) is 18.4 Å². The Morgan fingerprint density at radius 1 is 1.13 bits per heavy atom. The number of piperidine rings is 1. The average molecular weight is 410 g/mol. The van der Waals surface area contributed by atoms with Crippen molar-refractivity contribution in [2.75, 3.05) is 13.1 Å². The summed E-state index contributed by atoms with van der Waals surface area (Å²) in [5, 5.41) is 7.53. The maximum atomic E-state index is 13.2. The van der Waals surface area contributed by atoms with Crippen LogP contribution in [0.4, 0.5) is 4.39 Å². The zero-order chi connectivity index (χ0) is 21.3. The molecule has 1 fully saturated rings. The van der Waals surface area contributed by atoms with Crippen LogP contribution < -0.4 is 5.32 Å². The minimum absolute atomic E-state index is 0.0221. The summed E-state index contributed by atoms with van der Waals surface area (Å²) < 4.78 is 20.0. The minimum Gasteiger partial charge on any atom is -0.459 e. The van der Waals surface area contributed by atoms with Crippen LogP contribution in [0, 0.1) is 19.7 Å². The molecule has 0 aliphatic carbocycles. The predicted molar refractivity (Wildman–Crippen MR) is 108 cm³/mol. The number of carbonyl (C=O) groups excluding carboxylic acids is 2. The second kappa shape index (κ2) is 8.14. The number of furan rings is 1. The van der Waals surface area contributed by atoms with E-state index in [0.717, 1.165) is 0 Å². The molecule has 1 aliphatic heterocycles. The van der Waals surface area contributed by atoms with E-state index in [0.29, 0.717) is 54.3 Å². The number of likely N-dealkylation sites (tertiary alicyclic amines) is 1. The number of nitrogens with zero attached hydrogens (tertiary/aromatic N) is 3. The highest BCUT2D eigenvalue weighted by atomic mass is 19.1. The van der Waals surface area contributed by atoms with Gasteiger partial charge in [0.15, 0.2) is 5.76 Å². The summed E-state index contributed by atoms with van der Waals surface area (Å²) in [5.41, 5.74) is 2.52.